The molecule has 2 heterocycles. The molecular weight excluding hydrogens is 399 g/mol. The summed E-state index contributed by atoms with van der Waals surface area (Å²) in [6, 6.07) is 13.7. The third-order valence-electron chi connectivity index (χ3n) is 4.92. The van der Waals surface area contributed by atoms with Crippen LogP contribution in [0.2, 0.25) is 0 Å². The van der Waals surface area contributed by atoms with Gasteiger partial charge in [0.15, 0.2) is 15.0 Å². The highest BCUT2D eigenvalue weighted by Gasteiger charge is 2.49. The first-order valence-corrected chi connectivity index (χ1v) is 11.6. The van der Waals surface area contributed by atoms with E-state index in [2.05, 4.69) is 4.99 Å². The van der Waals surface area contributed by atoms with E-state index in [1.54, 1.807) is 24.0 Å². The molecule has 2 saturated heterocycles. The summed E-state index contributed by atoms with van der Waals surface area (Å²) in [4.78, 5) is 18.5. The number of carbonyl (C=O) groups is 1. The summed E-state index contributed by atoms with van der Waals surface area (Å²) >= 11 is 1.29. The van der Waals surface area contributed by atoms with Crippen molar-refractivity contribution >= 4 is 38.4 Å². The second-order valence-corrected chi connectivity index (χ2v) is 10.4. The van der Waals surface area contributed by atoms with Crippen LogP contribution in [-0.2, 0) is 21.1 Å². The van der Waals surface area contributed by atoms with Crippen molar-refractivity contribution in [1.29, 1.82) is 0 Å². The first-order valence-electron chi connectivity index (χ1n) is 8.90. The molecule has 0 saturated carbocycles. The second-order valence-electron chi connectivity index (χ2n) is 7.05. The molecule has 4 rings (SSSR count). The Balaban J connectivity index is 1.67. The Bertz CT molecular complexity index is 1050. The number of sulfone groups is 1. The van der Waals surface area contributed by atoms with E-state index in [4.69, 9.17) is 0 Å². The molecule has 0 aliphatic carbocycles. The van der Waals surface area contributed by atoms with E-state index >= 15 is 0 Å². The van der Waals surface area contributed by atoms with Crippen LogP contribution in [0.4, 0.5) is 10.1 Å². The molecule has 0 spiro atoms. The smallest absolute Gasteiger partial charge is 0.252 e. The van der Waals surface area contributed by atoms with E-state index in [1.807, 2.05) is 30.3 Å². The molecule has 2 unspecified atom stereocenters. The van der Waals surface area contributed by atoms with Crippen LogP contribution in [0, 0.1) is 12.7 Å². The topological polar surface area (TPSA) is 66.8 Å². The molecule has 2 atom stereocenters. The van der Waals surface area contributed by atoms with Gasteiger partial charge >= 0.3 is 0 Å². The molecule has 2 fully saturated rings. The number of benzene rings is 2. The van der Waals surface area contributed by atoms with Gasteiger partial charge in [0.2, 0.25) is 0 Å². The van der Waals surface area contributed by atoms with E-state index in [-0.39, 0.29) is 40.9 Å². The Labute approximate surface area is 167 Å². The Morgan fingerprint density at radius 2 is 1.96 bits per heavy atom. The van der Waals surface area contributed by atoms with Gasteiger partial charge in [-0.1, -0.05) is 48.2 Å². The highest BCUT2D eigenvalue weighted by molar-refractivity contribution is 8.16. The number of halogens is 1. The maximum absolute atomic E-state index is 14.1. The van der Waals surface area contributed by atoms with Crippen LogP contribution in [-0.4, -0.2) is 42.3 Å². The normalized spacial score (nSPS) is 24.5. The standard InChI is InChI=1S/C20H19FN2O3S2/c1-13-7-8-15(10-16(13)21)23-17-11-28(25,26)12-18(17)27-20(23)22-19(24)9-14-5-3-2-4-6-14/h2-8,10,17-18H,9,11-12H2,1H3. The van der Waals surface area contributed by atoms with Gasteiger partial charge in [-0.2, -0.15) is 4.99 Å². The van der Waals surface area contributed by atoms with Crippen molar-refractivity contribution in [2.45, 2.75) is 24.6 Å². The van der Waals surface area contributed by atoms with Crippen molar-refractivity contribution < 1.29 is 17.6 Å². The van der Waals surface area contributed by atoms with Crippen molar-refractivity contribution in [3.8, 4) is 0 Å². The summed E-state index contributed by atoms with van der Waals surface area (Å²) in [5.41, 5.74) is 1.88. The van der Waals surface area contributed by atoms with E-state index < -0.39 is 9.84 Å². The third-order valence-corrected chi connectivity index (χ3v) is 8.13. The fourth-order valence-electron chi connectivity index (χ4n) is 3.51. The minimum Gasteiger partial charge on any atom is -0.315 e. The minimum absolute atomic E-state index is 0.0218. The number of anilines is 1. The quantitative estimate of drug-likeness (QED) is 0.767. The molecule has 2 aromatic rings. The molecule has 8 heteroatoms. The fourth-order valence-corrected chi connectivity index (χ4v) is 7.45. The largest absolute Gasteiger partial charge is 0.315 e. The maximum atomic E-state index is 14.1. The van der Waals surface area contributed by atoms with Gasteiger partial charge in [0, 0.05) is 10.9 Å². The lowest BCUT2D eigenvalue weighted by Crippen LogP contribution is -2.37. The number of nitrogens with zero attached hydrogens (tertiary/aromatic N) is 2. The number of hydrogen-bond donors (Lipinski definition) is 0. The van der Waals surface area contributed by atoms with Gasteiger partial charge in [0.25, 0.3) is 5.91 Å². The predicted octanol–water partition coefficient (Wildman–Crippen LogP) is 2.98. The van der Waals surface area contributed by atoms with Crippen molar-refractivity contribution in [2.75, 3.05) is 16.4 Å². The Kier molecular flexibility index (Phi) is 5.01. The summed E-state index contributed by atoms with van der Waals surface area (Å²) in [5, 5.41) is 0.228. The van der Waals surface area contributed by atoms with Crippen LogP contribution in [0.3, 0.4) is 0 Å². The molecule has 0 bridgehead atoms. The summed E-state index contributed by atoms with van der Waals surface area (Å²) in [7, 11) is -3.16. The van der Waals surface area contributed by atoms with Gasteiger partial charge < -0.3 is 4.90 Å². The first kappa shape index (κ1) is 19.1. The predicted molar refractivity (Wildman–Crippen MR) is 110 cm³/mol. The molecule has 28 heavy (non-hydrogen) atoms. The van der Waals surface area contributed by atoms with E-state index in [0.29, 0.717) is 16.4 Å². The van der Waals surface area contributed by atoms with Crippen molar-refractivity contribution in [2.24, 2.45) is 4.99 Å². The number of thioether (sulfide) groups is 1. The average Bonchev–Trinajstić information content (AvgIpc) is 3.09. The zero-order chi connectivity index (χ0) is 19.9. The number of fused-ring (bicyclic) bond motifs is 1. The van der Waals surface area contributed by atoms with Crippen molar-refractivity contribution in [1.82, 2.24) is 0 Å². The summed E-state index contributed by atoms with van der Waals surface area (Å²) in [5.74, 6) is -0.665. The summed E-state index contributed by atoms with van der Waals surface area (Å²) in [6.07, 6.45) is 0.161. The number of hydrogen-bond acceptors (Lipinski definition) is 4. The van der Waals surface area contributed by atoms with Crippen LogP contribution in [0.15, 0.2) is 53.5 Å². The van der Waals surface area contributed by atoms with Gasteiger partial charge in [-0.05, 0) is 30.2 Å². The number of aryl methyl sites for hydroxylation is 1. The Morgan fingerprint density at radius 3 is 2.68 bits per heavy atom. The number of aliphatic imine (C=N–C) groups is 1. The van der Waals surface area contributed by atoms with Crippen molar-refractivity contribution in [3.63, 3.8) is 0 Å². The average molecular weight is 419 g/mol. The minimum atomic E-state index is -3.16. The molecule has 1 amide bonds. The summed E-state index contributed by atoms with van der Waals surface area (Å²) in [6.45, 7) is 1.67. The first-order chi connectivity index (χ1) is 13.3. The van der Waals surface area contributed by atoms with Crippen LogP contribution < -0.4 is 4.90 Å². The van der Waals surface area contributed by atoms with Gasteiger partial charge in [-0.3, -0.25) is 4.79 Å². The lowest BCUT2D eigenvalue weighted by molar-refractivity contribution is -0.117. The van der Waals surface area contributed by atoms with Gasteiger partial charge in [-0.15, -0.1) is 0 Å². The molecule has 2 aliphatic heterocycles. The summed E-state index contributed by atoms with van der Waals surface area (Å²) < 4.78 is 38.3. The molecule has 2 aromatic carbocycles. The highest BCUT2D eigenvalue weighted by atomic mass is 32.2. The number of amides is 1. The number of carbonyl (C=O) groups excluding carboxylic acids is 1. The van der Waals surface area contributed by atoms with Crippen LogP contribution >= 0.6 is 11.8 Å². The maximum Gasteiger partial charge on any atom is 0.252 e. The molecule has 0 radical (unpaired) electrons. The Hall–Kier alpha value is -2.19. The SMILES string of the molecule is Cc1ccc(N2C(=NC(=O)Cc3ccccc3)SC3CS(=O)(=O)CC32)cc1F. The lowest BCUT2D eigenvalue weighted by atomic mass is 10.1. The molecule has 2 aliphatic rings. The van der Waals surface area contributed by atoms with Crippen LogP contribution in [0.1, 0.15) is 11.1 Å². The Morgan fingerprint density at radius 1 is 1.21 bits per heavy atom. The zero-order valence-electron chi connectivity index (χ0n) is 15.2. The molecule has 146 valence electrons. The van der Waals surface area contributed by atoms with E-state index in [0.717, 1.165) is 5.56 Å². The number of amidine groups is 1. The van der Waals surface area contributed by atoms with Gasteiger partial charge in [-0.25, -0.2) is 12.8 Å². The monoisotopic (exact) mass is 418 g/mol. The van der Waals surface area contributed by atoms with E-state index in [1.165, 1.54) is 17.8 Å². The van der Waals surface area contributed by atoms with Gasteiger partial charge in [0.05, 0.1) is 24.0 Å². The molecule has 0 aromatic heterocycles. The molecule has 0 N–H and O–H groups in total. The van der Waals surface area contributed by atoms with Crippen LogP contribution in [0.25, 0.3) is 0 Å². The molecule has 5 nitrogen and oxygen atoms in total. The zero-order valence-corrected chi connectivity index (χ0v) is 16.8. The highest BCUT2D eigenvalue weighted by Crippen LogP contribution is 2.41. The number of rotatable bonds is 3. The lowest BCUT2D eigenvalue weighted by Gasteiger charge is -2.24. The molecular formula is C20H19FN2O3S2. The van der Waals surface area contributed by atoms with Crippen LogP contribution in [0.5, 0.6) is 0 Å². The van der Waals surface area contributed by atoms with Gasteiger partial charge in [0.1, 0.15) is 5.82 Å². The third kappa shape index (κ3) is 3.84. The second kappa shape index (κ2) is 7.33. The van der Waals surface area contributed by atoms with Crippen molar-refractivity contribution in [3.05, 3.63) is 65.5 Å². The van der Waals surface area contributed by atoms with E-state index in [9.17, 15) is 17.6 Å². The fraction of sp³-hybridized carbons (Fsp3) is 0.300.